The predicted molar refractivity (Wildman–Crippen MR) is 112 cm³/mol. The average Bonchev–Trinajstić information content (AvgIpc) is 3.38. The van der Waals surface area contributed by atoms with E-state index in [4.69, 9.17) is 14.5 Å². The molecule has 3 heterocycles. The minimum absolute atomic E-state index is 0.0999. The van der Waals surface area contributed by atoms with Gasteiger partial charge in [-0.1, -0.05) is 30.0 Å². The molecule has 2 aromatic heterocycles. The Kier molecular flexibility index (Phi) is 6.17. The normalized spacial score (nSPS) is 16.7. The molecule has 0 radical (unpaired) electrons. The van der Waals surface area contributed by atoms with Crippen LogP contribution in [0.3, 0.4) is 0 Å². The number of thioether (sulfide) groups is 1. The first-order chi connectivity index (χ1) is 14.2. The molecule has 9 heteroatoms. The first-order valence-corrected chi connectivity index (χ1v) is 10.7. The zero-order chi connectivity index (χ0) is 20.2. The number of benzene rings is 1. The second-order valence-corrected chi connectivity index (χ2v) is 7.91. The Morgan fingerprint density at radius 1 is 1.45 bits per heavy atom. The monoisotopic (exact) mass is 416 g/mol. The van der Waals surface area contributed by atoms with Crippen LogP contribution in [0.4, 0.5) is 0 Å². The highest BCUT2D eigenvalue weighted by Gasteiger charge is 2.18. The Balaban J connectivity index is 1.58. The minimum atomic E-state index is -0.162. The Labute approximate surface area is 172 Å². The lowest BCUT2D eigenvalue weighted by Crippen LogP contribution is -2.33. The first-order valence-electron chi connectivity index (χ1n) is 9.68. The minimum Gasteiger partial charge on any atom is -0.383 e. The molecular formula is C20H24N4O4S. The molecule has 0 saturated carbocycles. The lowest BCUT2D eigenvalue weighted by atomic mass is 10.2. The van der Waals surface area contributed by atoms with Crippen molar-refractivity contribution in [2.75, 3.05) is 32.6 Å². The smallest absolute Gasteiger partial charge is 0.278 e. The lowest BCUT2D eigenvalue weighted by molar-refractivity contribution is -0.119. The van der Waals surface area contributed by atoms with E-state index in [9.17, 15) is 9.59 Å². The third-order valence-corrected chi connectivity index (χ3v) is 5.95. The molecule has 4 rings (SSSR count). The van der Waals surface area contributed by atoms with Gasteiger partial charge in [0.2, 0.25) is 5.91 Å². The molecule has 1 aliphatic heterocycles. The van der Waals surface area contributed by atoms with Crippen molar-refractivity contribution < 1.29 is 14.3 Å². The Morgan fingerprint density at radius 2 is 2.31 bits per heavy atom. The van der Waals surface area contributed by atoms with Crippen LogP contribution in [0, 0.1) is 0 Å². The second-order valence-electron chi connectivity index (χ2n) is 6.97. The number of nitrogens with one attached hydrogen (secondary N) is 2. The molecule has 2 N–H and O–H groups in total. The molecule has 0 unspecified atom stereocenters. The Hall–Kier alpha value is -2.36. The summed E-state index contributed by atoms with van der Waals surface area (Å²) in [7, 11) is 1.59. The topological polar surface area (TPSA) is 98.2 Å². The maximum Gasteiger partial charge on any atom is 0.278 e. The van der Waals surface area contributed by atoms with E-state index >= 15 is 0 Å². The number of para-hydroxylation sites is 1. The highest BCUT2D eigenvalue weighted by molar-refractivity contribution is 7.99. The quantitative estimate of drug-likeness (QED) is 0.430. The van der Waals surface area contributed by atoms with Gasteiger partial charge in [0.15, 0.2) is 5.16 Å². The molecule has 29 heavy (non-hydrogen) atoms. The number of methoxy groups -OCH3 is 1. The summed E-state index contributed by atoms with van der Waals surface area (Å²) >= 11 is 1.26. The van der Waals surface area contributed by atoms with Crippen molar-refractivity contribution in [2.45, 2.75) is 30.6 Å². The standard InChI is InChI=1S/C20H24N4O4S/c1-27-10-8-24-19(26)18-17(14-6-2-3-7-15(14)22-18)23-20(24)29-12-16(25)21-11-13-5-4-9-28-13/h2-3,6-7,13,22H,4-5,8-12H2,1H3,(H,21,25)/t13-/m1/s1. The van der Waals surface area contributed by atoms with Crippen molar-refractivity contribution >= 4 is 39.6 Å². The molecule has 1 atom stereocenters. The molecule has 8 nitrogen and oxygen atoms in total. The van der Waals surface area contributed by atoms with Crippen molar-refractivity contribution in [1.82, 2.24) is 19.9 Å². The lowest BCUT2D eigenvalue weighted by Gasteiger charge is -2.13. The molecule has 0 bridgehead atoms. The van der Waals surface area contributed by atoms with Gasteiger partial charge in [0.05, 0.1) is 25.0 Å². The van der Waals surface area contributed by atoms with Crippen LogP contribution in [-0.4, -0.2) is 59.2 Å². The van der Waals surface area contributed by atoms with Gasteiger partial charge in [-0.2, -0.15) is 0 Å². The van der Waals surface area contributed by atoms with Gasteiger partial charge >= 0.3 is 0 Å². The molecule has 1 amide bonds. The number of aromatic nitrogens is 3. The second kappa shape index (κ2) is 8.98. The van der Waals surface area contributed by atoms with Gasteiger partial charge in [-0.3, -0.25) is 14.2 Å². The van der Waals surface area contributed by atoms with Gasteiger partial charge < -0.3 is 19.8 Å². The van der Waals surface area contributed by atoms with Crippen molar-refractivity contribution in [3.05, 3.63) is 34.6 Å². The summed E-state index contributed by atoms with van der Waals surface area (Å²) in [6.07, 6.45) is 2.11. The maximum atomic E-state index is 13.1. The van der Waals surface area contributed by atoms with E-state index in [0.717, 1.165) is 30.4 Å². The number of carbonyl (C=O) groups is 1. The molecule has 154 valence electrons. The third-order valence-electron chi connectivity index (χ3n) is 4.98. The molecule has 3 aromatic rings. The fourth-order valence-electron chi connectivity index (χ4n) is 3.48. The number of ether oxygens (including phenoxy) is 2. The van der Waals surface area contributed by atoms with Crippen LogP contribution in [0.5, 0.6) is 0 Å². The molecule has 0 aliphatic carbocycles. The Bertz CT molecular complexity index is 1070. The summed E-state index contributed by atoms with van der Waals surface area (Å²) in [6, 6.07) is 7.68. The molecule has 1 aliphatic rings. The summed E-state index contributed by atoms with van der Waals surface area (Å²) in [4.78, 5) is 33.2. The third kappa shape index (κ3) is 4.31. The van der Waals surface area contributed by atoms with Crippen LogP contribution in [-0.2, 0) is 20.8 Å². The number of nitrogens with zero attached hydrogens (tertiary/aromatic N) is 2. The summed E-state index contributed by atoms with van der Waals surface area (Å²) in [6.45, 7) is 2.03. The van der Waals surface area contributed by atoms with Crippen LogP contribution < -0.4 is 10.9 Å². The number of carbonyl (C=O) groups excluding carboxylic acids is 1. The van der Waals surface area contributed by atoms with Crippen LogP contribution in [0.25, 0.3) is 21.9 Å². The van der Waals surface area contributed by atoms with E-state index in [-0.39, 0.29) is 23.3 Å². The van der Waals surface area contributed by atoms with Crippen LogP contribution in [0.15, 0.2) is 34.2 Å². The van der Waals surface area contributed by atoms with E-state index in [1.807, 2.05) is 24.3 Å². The largest absolute Gasteiger partial charge is 0.383 e. The maximum absolute atomic E-state index is 13.1. The van der Waals surface area contributed by atoms with E-state index in [1.165, 1.54) is 11.8 Å². The highest BCUT2D eigenvalue weighted by Crippen LogP contribution is 2.24. The van der Waals surface area contributed by atoms with Crippen molar-refractivity contribution in [3.63, 3.8) is 0 Å². The van der Waals surface area contributed by atoms with Gasteiger partial charge in [0.25, 0.3) is 5.56 Å². The molecule has 0 spiro atoms. The van der Waals surface area contributed by atoms with E-state index in [2.05, 4.69) is 10.3 Å². The van der Waals surface area contributed by atoms with Gasteiger partial charge in [0.1, 0.15) is 11.0 Å². The molecule has 1 aromatic carbocycles. The number of rotatable bonds is 8. The Morgan fingerprint density at radius 3 is 3.10 bits per heavy atom. The van der Waals surface area contributed by atoms with Crippen LogP contribution in [0.2, 0.25) is 0 Å². The fraction of sp³-hybridized carbons (Fsp3) is 0.450. The zero-order valence-corrected chi connectivity index (χ0v) is 17.1. The summed E-state index contributed by atoms with van der Waals surface area (Å²) in [5, 5.41) is 4.31. The van der Waals surface area contributed by atoms with Crippen LogP contribution in [0.1, 0.15) is 12.8 Å². The van der Waals surface area contributed by atoms with E-state index in [0.29, 0.717) is 35.9 Å². The van der Waals surface area contributed by atoms with Crippen LogP contribution >= 0.6 is 11.8 Å². The average molecular weight is 417 g/mol. The number of aromatic amines is 1. The fourth-order valence-corrected chi connectivity index (χ4v) is 4.33. The predicted octanol–water partition coefficient (Wildman–Crippen LogP) is 1.91. The summed E-state index contributed by atoms with van der Waals surface area (Å²) < 4.78 is 12.2. The zero-order valence-electron chi connectivity index (χ0n) is 16.3. The van der Waals surface area contributed by atoms with Crippen molar-refractivity contribution in [1.29, 1.82) is 0 Å². The number of H-pyrrole nitrogens is 1. The number of amides is 1. The van der Waals surface area contributed by atoms with Gasteiger partial charge in [0, 0.05) is 31.2 Å². The van der Waals surface area contributed by atoms with E-state index < -0.39 is 0 Å². The van der Waals surface area contributed by atoms with Crippen molar-refractivity contribution in [3.8, 4) is 0 Å². The molecule has 1 fully saturated rings. The number of hydrogen-bond acceptors (Lipinski definition) is 6. The SMILES string of the molecule is COCCn1c(SCC(=O)NC[C@H]2CCCO2)nc2c([nH]c3ccccc32)c1=O. The van der Waals surface area contributed by atoms with Gasteiger partial charge in [-0.15, -0.1) is 0 Å². The van der Waals surface area contributed by atoms with Gasteiger partial charge in [-0.25, -0.2) is 4.98 Å². The first kappa shape index (κ1) is 19.9. The van der Waals surface area contributed by atoms with E-state index in [1.54, 1.807) is 11.7 Å². The summed E-state index contributed by atoms with van der Waals surface area (Å²) in [5.41, 5.74) is 1.79. The van der Waals surface area contributed by atoms with Gasteiger partial charge in [-0.05, 0) is 18.9 Å². The number of hydrogen-bond donors (Lipinski definition) is 2. The molecular weight excluding hydrogens is 392 g/mol. The molecule has 1 saturated heterocycles. The highest BCUT2D eigenvalue weighted by atomic mass is 32.2. The summed E-state index contributed by atoms with van der Waals surface area (Å²) in [5.74, 6) is 0.0806. The number of fused-ring (bicyclic) bond motifs is 3. The van der Waals surface area contributed by atoms with Crippen molar-refractivity contribution in [2.24, 2.45) is 0 Å².